The number of esters is 1. The number of nitrogens with zero attached hydrogens (tertiary/aromatic N) is 1. The van der Waals surface area contributed by atoms with E-state index in [0.717, 1.165) is 25.9 Å². The molecule has 2 aromatic rings. The summed E-state index contributed by atoms with van der Waals surface area (Å²) in [5.41, 5.74) is 2.58. The molecule has 0 bridgehead atoms. The van der Waals surface area contributed by atoms with Gasteiger partial charge in [0.15, 0.2) is 0 Å². The smallest absolute Gasteiger partial charge is 0.309 e. The molecule has 0 unspecified atom stereocenters. The van der Waals surface area contributed by atoms with Crippen molar-refractivity contribution < 1.29 is 9.53 Å². The van der Waals surface area contributed by atoms with Crippen molar-refractivity contribution in [1.82, 2.24) is 4.90 Å². The maximum atomic E-state index is 12.4. The summed E-state index contributed by atoms with van der Waals surface area (Å²) in [5, 5.41) is 0. The van der Waals surface area contributed by atoms with Gasteiger partial charge in [-0.25, -0.2) is 0 Å². The van der Waals surface area contributed by atoms with Crippen LogP contribution in [-0.4, -0.2) is 30.1 Å². The summed E-state index contributed by atoms with van der Waals surface area (Å²) >= 11 is 0. The fraction of sp³-hybridized carbons (Fsp3) is 0.435. The Morgan fingerprint density at radius 1 is 0.852 bits per heavy atom. The maximum Gasteiger partial charge on any atom is 0.309 e. The third-order valence-corrected chi connectivity index (χ3v) is 5.69. The third-order valence-electron chi connectivity index (χ3n) is 5.69. The molecule has 1 aliphatic heterocycles. The first-order valence-electron chi connectivity index (χ1n) is 9.85. The molecule has 0 atom stereocenters. The van der Waals surface area contributed by atoms with Gasteiger partial charge in [0, 0.05) is 13.1 Å². The van der Waals surface area contributed by atoms with Crippen LogP contribution in [0.5, 0.6) is 0 Å². The van der Waals surface area contributed by atoms with E-state index >= 15 is 0 Å². The Balaban J connectivity index is 0.00000210. The molecule has 1 saturated heterocycles. The van der Waals surface area contributed by atoms with E-state index < -0.39 is 0 Å². The van der Waals surface area contributed by atoms with Gasteiger partial charge in [0.05, 0.1) is 12.0 Å². The lowest BCUT2D eigenvalue weighted by atomic mass is 9.89. The van der Waals surface area contributed by atoms with Crippen LogP contribution < -0.4 is 0 Å². The first-order chi connectivity index (χ1) is 12.8. The molecule has 1 heterocycles. The van der Waals surface area contributed by atoms with Gasteiger partial charge in [-0.05, 0) is 24.0 Å². The lowest BCUT2D eigenvalue weighted by molar-refractivity contribution is -0.164. The summed E-state index contributed by atoms with van der Waals surface area (Å²) in [4.78, 5) is 14.8. The minimum Gasteiger partial charge on any atom is -0.459 e. The number of halogens is 1. The minimum absolute atomic E-state index is 0. The Morgan fingerprint density at radius 3 is 1.89 bits per heavy atom. The van der Waals surface area contributed by atoms with Crippen molar-refractivity contribution in [2.75, 3.05) is 13.1 Å². The van der Waals surface area contributed by atoms with E-state index in [0.29, 0.717) is 0 Å². The summed E-state index contributed by atoms with van der Waals surface area (Å²) in [6.07, 6.45) is 5.65. The van der Waals surface area contributed by atoms with Crippen LogP contribution in [0.1, 0.15) is 49.3 Å². The van der Waals surface area contributed by atoms with Crippen molar-refractivity contribution in [3.05, 3.63) is 71.8 Å². The lowest BCUT2D eigenvalue weighted by Crippen LogP contribution is -2.54. The van der Waals surface area contributed by atoms with E-state index in [1.807, 2.05) is 0 Å². The Kier molecular flexibility index (Phi) is 6.92. The van der Waals surface area contributed by atoms with Gasteiger partial charge in [0.1, 0.15) is 6.10 Å². The predicted molar refractivity (Wildman–Crippen MR) is 110 cm³/mol. The van der Waals surface area contributed by atoms with Gasteiger partial charge in [-0.3, -0.25) is 9.69 Å². The average Bonchev–Trinajstić information content (AvgIpc) is 2.68. The molecule has 1 aliphatic carbocycles. The van der Waals surface area contributed by atoms with E-state index in [-0.39, 0.29) is 36.4 Å². The summed E-state index contributed by atoms with van der Waals surface area (Å²) in [6, 6.07) is 21.4. The van der Waals surface area contributed by atoms with E-state index in [9.17, 15) is 4.79 Å². The van der Waals surface area contributed by atoms with Crippen LogP contribution in [0, 0.1) is 5.92 Å². The van der Waals surface area contributed by atoms with Crippen molar-refractivity contribution in [2.24, 2.45) is 5.92 Å². The quantitative estimate of drug-likeness (QED) is 0.678. The number of carbonyl (C=O) groups is 1. The Hall–Kier alpha value is -1.84. The van der Waals surface area contributed by atoms with E-state index in [2.05, 4.69) is 65.6 Å². The van der Waals surface area contributed by atoms with Gasteiger partial charge in [-0.1, -0.05) is 79.9 Å². The van der Waals surface area contributed by atoms with Gasteiger partial charge < -0.3 is 4.74 Å². The molecule has 144 valence electrons. The Bertz CT molecular complexity index is 670. The SMILES string of the molecule is Cl.O=C(OC1CN(C(c2ccccc2)c2ccccc2)C1)C1CCCCC1. The highest BCUT2D eigenvalue weighted by Crippen LogP contribution is 2.33. The molecule has 4 heteroatoms. The molecule has 3 nitrogen and oxygen atoms in total. The summed E-state index contributed by atoms with van der Waals surface area (Å²) < 4.78 is 5.80. The number of ether oxygens (including phenoxy) is 1. The molecule has 0 N–H and O–H groups in total. The van der Waals surface area contributed by atoms with Crippen LogP contribution in [0.2, 0.25) is 0 Å². The molecule has 0 spiro atoms. The van der Waals surface area contributed by atoms with Crippen molar-refractivity contribution in [2.45, 2.75) is 44.2 Å². The molecular formula is C23H28ClNO2. The van der Waals surface area contributed by atoms with Crippen LogP contribution in [-0.2, 0) is 9.53 Å². The van der Waals surface area contributed by atoms with Gasteiger partial charge in [0.2, 0.25) is 0 Å². The topological polar surface area (TPSA) is 29.5 Å². The van der Waals surface area contributed by atoms with Gasteiger partial charge >= 0.3 is 5.97 Å². The van der Waals surface area contributed by atoms with Crippen LogP contribution in [0.4, 0.5) is 0 Å². The largest absolute Gasteiger partial charge is 0.459 e. The second-order valence-electron chi connectivity index (χ2n) is 7.57. The first kappa shape index (κ1) is 19.9. The highest BCUT2D eigenvalue weighted by Gasteiger charge is 2.37. The van der Waals surface area contributed by atoms with Crippen LogP contribution >= 0.6 is 12.4 Å². The molecule has 2 aromatic carbocycles. The predicted octanol–water partition coefficient (Wildman–Crippen LogP) is 5.01. The monoisotopic (exact) mass is 385 g/mol. The number of benzene rings is 2. The van der Waals surface area contributed by atoms with E-state index in [1.54, 1.807) is 0 Å². The number of carbonyl (C=O) groups excluding carboxylic acids is 1. The molecule has 0 aromatic heterocycles. The van der Waals surface area contributed by atoms with E-state index in [1.165, 1.54) is 30.4 Å². The van der Waals surface area contributed by atoms with Crippen molar-refractivity contribution in [1.29, 1.82) is 0 Å². The standard InChI is InChI=1S/C23H27NO2.ClH/c25-23(20-14-8-3-9-15-20)26-21-16-24(17-21)22(18-10-4-1-5-11-18)19-12-6-2-7-13-19;/h1-2,4-7,10-13,20-22H,3,8-9,14-17H2;1H. The number of hydrogen-bond donors (Lipinski definition) is 0. The molecule has 27 heavy (non-hydrogen) atoms. The van der Waals surface area contributed by atoms with Crippen molar-refractivity contribution in [3.63, 3.8) is 0 Å². The fourth-order valence-electron chi connectivity index (χ4n) is 4.24. The number of rotatable bonds is 5. The number of likely N-dealkylation sites (tertiary alicyclic amines) is 1. The number of hydrogen-bond acceptors (Lipinski definition) is 3. The second-order valence-corrected chi connectivity index (χ2v) is 7.57. The lowest BCUT2D eigenvalue weighted by Gasteiger charge is -2.44. The average molecular weight is 386 g/mol. The maximum absolute atomic E-state index is 12.4. The van der Waals surface area contributed by atoms with Crippen molar-refractivity contribution in [3.8, 4) is 0 Å². The zero-order valence-electron chi connectivity index (χ0n) is 15.6. The van der Waals surface area contributed by atoms with Gasteiger partial charge in [-0.2, -0.15) is 0 Å². The molecule has 2 fully saturated rings. The normalized spacial score (nSPS) is 18.6. The minimum atomic E-state index is 0. The third kappa shape index (κ3) is 4.72. The zero-order chi connectivity index (χ0) is 17.8. The summed E-state index contributed by atoms with van der Waals surface area (Å²) in [7, 11) is 0. The Morgan fingerprint density at radius 2 is 1.37 bits per heavy atom. The van der Waals surface area contributed by atoms with Crippen LogP contribution in [0.3, 0.4) is 0 Å². The summed E-state index contributed by atoms with van der Waals surface area (Å²) in [6.45, 7) is 1.62. The van der Waals surface area contributed by atoms with Crippen LogP contribution in [0.25, 0.3) is 0 Å². The van der Waals surface area contributed by atoms with Gasteiger partial charge in [0.25, 0.3) is 0 Å². The Labute approximate surface area is 168 Å². The molecule has 4 rings (SSSR count). The first-order valence-corrected chi connectivity index (χ1v) is 9.85. The molecule has 1 saturated carbocycles. The zero-order valence-corrected chi connectivity index (χ0v) is 16.4. The van der Waals surface area contributed by atoms with Crippen LogP contribution in [0.15, 0.2) is 60.7 Å². The fourth-order valence-corrected chi connectivity index (χ4v) is 4.24. The molecule has 0 amide bonds. The van der Waals surface area contributed by atoms with E-state index in [4.69, 9.17) is 4.74 Å². The molecule has 0 radical (unpaired) electrons. The van der Waals surface area contributed by atoms with Crippen molar-refractivity contribution >= 4 is 18.4 Å². The molecule has 2 aliphatic rings. The van der Waals surface area contributed by atoms with Gasteiger partial charge in [-0.15, -0.1) is 12.4 Å². The summed E-state index contributed by atoms with van der Waals surface area (Å²) in [5.74, 6) is 0.169. The highest BCUT2D eigenvalue weighted by molar-refractivity contribution is 5.85. The highest BCUT2D eigenvalue weighted by atomic mass is 35.5. The molecular weight excluding hydrogens is 358 g/mol. The second kappa shape index (κ2) is 9.38.